The molecule has 5 rings (SSSR count). The molecule has 1 heterocycles. The fraction of sp³-hybridized carbons (Fsp3) is 0.812. The molecular weight excluding hydrogens is 250 g/mol. The summed E-state index contributed by atoms with van der Waals surface area (Å²) in [5.41, 5.74) is 8.17. The molecule has 1 unspecified atom stereocenters. The number of aliphatic hydroxyl groups excluding tert-OH is 1. The maximum absolute atomic E-state index is 9.27. The fourth-order valence-electron chi connectivity index (χ4n) is 5.50. The van der Waals surface area contributed by atoms with Crippen LogP contribution in [0, 0.1) is 30.6 Å². The summed E-state index contributed by atoms with van der Waals surface area (Å²) in [7, 11) is 0. The van der Waals surface area contributed by atoms with Gasteiger partial charge in [-0.25, -0.2) is 0 Å². The summed E-state index contributed by atoms with van der Waals surface area (Å²) in [6, 6.07) is 0.294. The second kappa shape index (κ2) is 4.57. The molecule has 1 atom stereocenters. The Balaban J connectivity index is 1.66. The van der Waals surface area contributed by atoms with Crippen molar-refractivity contribution in [2.24, 2.45) is 29.4 Å². The summed E-state index contributed by atoms with van der Waals surface area (Å²) in [6.07, 6.45) is 8.97. The van der Waals surface area contributed by atoms with Crippen molar-refractivity contribution in [3.05, 3.63) is 17.5 Å². The molecule has 4 aliphatic carbocycles. The maximum atomic E-state index is 9.27. The van der Waals surface area contributed by atoms with Crippen molar-refractivity contribution in [3.8, 4) is 0 Å². The van der Waals surface area contributed by atoms with E-state index in [1.165, 1.54) is 37.8 Å². The number of nitrogens with two attached hydrogens (primary N) is 1. The molecule has 4 fully saturated rings. The van der Waals surface area contributed by atoms with Crippen molar-refractivity contribution in [3.63, 3.8) is 0 Å². The van der Waals surface area contributed by atoms with Crippen molar-refractivity contribution < 1.29 is 5.11 Å². The minimum Gasteiger partial charge on any atom is -0.394 e. The van der Waals surface area contributed by atoms with Crippen LogP contribution in [0.5, 0.6) is 0 Å². The van der Waals surface area contributed by atoms with Gasteiger partial charge in [0, 0.05) is 11.3 Å². The van der Waals surface area contributed by atoms with Crippen LogP contribution in [0.4, 0.5) is 0 Å². The van der Waals surface area contributed by atoms with Gasteiger partial charge in [0.2, 0.25) is 0 Å². The Labute approximate surface area is 120 Å². The number of aromatic nitrogens is 2. The highest BCUT2D eigenvalue weighted by Crippen LogP contribution is 2.58. The maximum Gasteiger partial charge on any atom is 0.0625 e. The average Bonchev–Trinajstić information content (AvgIpc) is 2.79. The van der Waals surface area contributed by atoms with Crippen LogP contribution in [0.3, 0.4) is 0 Å². The van der Waals surface area contributed by atoms with Crippen LogP contribution in [-0.4, -0.2) is 21.5 Å². The van der Waals surface area contributed by atoms with Crippen molar-refractivity contribution in [2.45, 2.75) is 51.1 Å². The molecule has 1 aromatic rings. The molecular formula is C16H25N3O. The highest BCUT2D eigenvalue weighted by atomic mass is 16.3. The smallest absolute Gasteiger partial charge is 0.0625 e. The van der Waals surface area contributed by atoms with E-state index in [0.29, 0.717) is 6.04 Å². The summed E-state index contributed by atoms with van der Waals surface area (Å²) >= 11 is 0. The lowest BCUT2D eigenvalue weighted by Gasteiger charge is -2.54. The van der Waals surface area contributed by atoms with Crippen molar-refractivity contribution >= 4 is 0 Å². The summed E-state index contributed by atoms with van der Waals surface area (Å²) in [5.74, 6) is 3.62. The highest BCUT2D eigenvalue weighted by Gasteiger charge is 2.49. The van der Waals surface area contributed by atoms with Gasteiger partial charge in [-0.05, 0) is 62.7 Å². The lowest BCUT2D eigenvalue weighted by atomic mass is 9.54. The van der Waals surface area contributed by atoms with Gasteiger partial charge in [0.15, 0.2) is 0 Å². The average molecular weight is 275 g/mol. The molecule has 4 aliphatic rings. The first-order valence-corrected chi connectivity index (χ1v) is 8.07. The standard InChI is InChI=1S/C16H25N3O/c1-9-14(15(17)8-20)7-18-19(9)16-12-3-10-2-11(5-12)6-13(16)4-10/h7,10-13,15-16,20H,2-6,8,17H2,1H3. The van der Waals surface area contributed by atoms with E-state index < -0.39 is 0 Å². The van der Waals surface area contributed by atoms with Crippen molar-refractivity contribution in [1.82, 2.24) is 9.78 Å². The number of nitrogens with zero attached hydrogens (tertiary/aromatic N) is 2. The van der Waals surface area contributed by atoms with Gasteiger partial charge in [-0.2, -0.15) is 5.10 Å². The molecule has 0 aromatic carbocycles. The zero-order valence-electron chi connectivity index (χ0n) is 12.2. The van der Waals surface area contributed by atoms with Gasteiger partial charge >= 0.3 is 0 Å². The Morgan fingerprint density at radius 2 is 1.85 bits per heavy atom. The molecule has 1 aromatic heterocycles. The number of rotatable bonds is 3. The highest BCUT2D eigenvalue weighted by molar-refractivity contribution is 5.21. The Kier molecular flexibility index (Phi) is 2.93. The van der Waals surface area contributed by atoms with Crippen LogP contribution in [0.25, 0.3) is 0 Å². The number of hydrogen-bond acceptors (Lipinski definition) is 3. The first-order valence-electron chi connectivity index (χ1n) is 8.07. The van der Waals surface area contributed by atoms with Gasteiger partial charge < -0.3 is 10.8 Å². The molecule has 0 spiro atoms. The number of aliphatic hydroxyl groups is 1. The van der Waals surface area contributed by atoms with E-state index in [1.54, 1.807) is 0 Å². The monoisotopic (exact) mass is 275 g/mol. The van der Waals surface area contributed by atoms with Crippen molar-refractivity contribution in [1.29, 1.82) is 0 Å². The lowest BCUT2D eigenvalue weighted by molar-refractivity contribution is -0.0344. The molecule has 4 heteroatoms. The Bertz CT molecular complexity index is 482. The third kappa shape index (κ3) is 1.77. The molecule has 20 heavy (non-hydrogen) atoms. The zero-order valence-corrected chi connectivity index (χ0v) is 12.2. The SMILES string of the molecule is Cc1c(C(N)CO)cnn1C1C2CC3CC(C2)CC1C3. The van der Waals surface area contributed by atoms with Gasteiger partial charge in [0.05, 0.1) is 24.9 Å². The zero-order chi connectivity index (χ0) is 13.9. The van der Waals surface area contributed by atoms with Gasteiger partial charge in [0.25, 0.3) is 0 Å². The van der Waals surface area contributed by atoms with E-state index >= 15 is 0 Å². The molecule has 4 nitrogen and oxygen atoms in total. The summed E-state index contributed by atoms with van der Waals surface area (Å²) in [5, 5.41) is 13.9. The predicted octanol–water partition coefficient (Wildman–Crippen LogP) is 2.18. The van der Waals surface area contributed by atoms with Crippen LogP contribution in [0.2, 0.25) is 0 Å². The number of hydrogen-bond donors (Lipinski definition) is 2. The van der Waals surface area contributed by atoms with Gasteiger partial charge in [-0.15, -0.1) is 0 Å². The third-order valence-electron chi connectivity index (χ3n) is 6.14. The predicted molar refractivity (Wildman–Crippen MR) is 77.1 cm³/mol. The van der Waals surface area contributed by atoms with Crippen LogP contribution in [-0.2, 0) is 0 Å². The molecule has 0 aliphatic heterocycles. The minimum absolute atomic E-state index is 0.00575. The first-order chi connectivity index (χ1) is 9.67. The van der Waals surface area contributed by atoms with Gasteiger partial charge in [0.1, 0.15) is 0 Å². The molecule has 0 saturated heterocycles. The fourth-order valence-corrected chi connectivity index (χ4v) is 5.50. The third-order valence-corrected chi connectivity index (χ3v) is 6.14. The molecule has 0 radical (unpaired) electrons. The topological polar surface area (TPSA) is 64.1 Å². The quantitative estimate of drug-likeness (QED) is 0.888. The largest absolute Gasteiger partial charge is 0.394 e. The first kappa shape index (κ1) is 12.8. The Morgan fingerprint density at radius 1 is 1.25 bits per heavy atom. The van der Waals surface area contributed by atoms with Gasteiger partial charge in [-0.3, -0.25) is 4.68 Å². The van der Waals surface area contributed by atoms with E-state index in [2.05, 4.69) is 16.7 Å². The lowest BCUT2D eigenvalue weighted by Crippen LogP contribution is -2.46. The van der Waals surface area contributed by atoms with E-state index in [1.807, 2.05) is 6.20 Å². The molecule has 3 N–H and O–H groups in total. The normalized spacial score (nSPS) is 40.2. The van der Waals surface area contributed by atoms with E-state index in [4.69, 9.17) is 5.73 Å². The van der Waals surface area contributed by atoms with Crippen molar-refractivity contribution in [2.75, 3.05) is 6.61 Å². The molecule has 110 valence electrons. The van der Waals surface area contributed by atoms with Crippen LogP contribution >= 0.6 is 0 Å². The molecule has 4 saturated carbocycles. The Hall–Kier alpha value is -0.870. The Morgan fingerprint density at radius 3 is 2.40 bits per heavy atom. The van der Waals surface area contributed by atoms with E-state index in [-0.39, 0.29) is 12.6 Å². The van der Waals surface area contributed by atoms with Crippen LogP contribution in [0.15, 0.2) is 6.20 Å². The molecule has 0 amide bonds. The summed E-state index contributed by atoms with van der Waals surface area (Å²) in [4.78, 5) is 0. The second-order valence-electron chi connectivity index (χ2n) is 7.34. The van der Waals surface area contributed by atoms with E-state index in [0.717, 1.165) is 29.2 Å². The van der Waals surface area contributed by atoms with Gasteiger partial charge in [-0.1, -0.05) is 0 Å². The van der Waals surface area contributed by atoms with Crippen LogP contribution < -0.4 is 5.73 Å². The minimum atomic E-state index is -0.291. The molecule has 4 bridgehead atoms. The summed E-state index contributed by atoms with van der Waals surface area (Å²) in [6.45, 7) is 2.11. The summed E-state index contributed by atoms with van der Waals surface area (Å²) < 4.78 is 2.25. The van der Waals surface area contributed by atoms with E-state index in [9.17, 15) is 5.11 Å². The van der Waals surface area contributed by atoms with Crippen LogP contribution in [0.1, 0.15) is 55.4 Å². The second-order valence-corrected chi connectivity index (χ2v) is 7.34.